The second-order valence-corrected chi connectivity index (χ2v) is 5.46. The van der Waals surface area contributed by atoms with Crippen molar-refractivity contribution in [2.24, 2.45) is 0 Å². The topological polar surface area (TPSA) is 3.24 Å². The summed E-state index contributed by atoms with van der Waals surface area (Å²) in [6, 6.07) is 6.03. The van der Waals surface area contributed by atoms with E-state index in [2.05, 4.69) is 17.9 Å². The van der Waals surface area contributed by atoms with Crippen LogP contribution in [0.3, 0.4) is 0 Å². The number of piperidine rings is 1. The Labute approximate surface area is 114 Å². The molecular weight excluding hydrogens is 253 g/mol. The van der Waals surface area contributed by atoms with E-state index in [-0.39, 0.29) is 0 Å². The summed E-state index contributed by atoms with van der Waals surface area (Å²) in [5.41, 5.74) is 1.33. The van der Waals surface area contributed by atoms with Crippen molar-refractivity contribution in [3.63, 3.8) is 0 Å². The fraction of sp³-hybridized carbons (Fsp3) is 0.500. The van der Waals surface area contributed by atoms with Crippen molar-refractivity contribution in [2.75, 3.05) is 19.6 Å². The molecule has 1 aliphatic rings. The standard InChI is InChI=1S/C14H18Cl2N/c1-2-7-17-8-5-11(6-9-17)12-3-4-13(15)14(16)10-12/h3-4,10-11H,1-2,5-9H2. The second kappa shape index (κ2) is 6.08. The molecule has 1 radical (unpaired) electrons. The molecule has 17 heavy (non-hydrogen) atoms. The molecule has 0 aliphatic carbocycles. The van der Waals surface area contributed by atoms with Crippen molar-refractivity contribution in [1.82, 2.24) is 4.90 Å². The van der Waals surface area contributed by atoms with Crippen LogP contribution in [0.5, 0.6) is 0 Å². The lowest BCUT2D eigenvalue weighted by atomic mass is 9.89. The Bertz CT molecular complexity index is 370. The zero-order chi connectivity index (χ0) is 12.3. The van der Waals surface area contributed by atoms with Crippen LogP contribution in [0.2, 0.25) is 10.0 Å². The van der Waals surface area contributed by atoms with Gasteiger partial charge in [0, 0.05) is 0 Å². The van der Waals surface area contributed by atoms with E-state index in [9.17, 15) is 0 Å². The molecule has 0 N–H and O–H groups in total. The first-order valence-electron chi connectivity index (χ1n) is 6.17. The highest BCUT2D eigenvalue weighted by molar-refractivity contribution is 6.42. The third kappa shape index (κ3) is 3.37. The lowest BCUT2D eigenvalue weighted by Gasteiger charge is -2.32. The highest BCUT2D eigenvalue weighted by Crippen LogP contribution is 2.32. The van der Waals surface area contributed by atoms with E-state index in [0.717, 1.165) is 13.0 Å². The van der Waals surface area contributed by atoms with E-state index in [1.54, 1.807) is 0 Å². The van der Waals surface area contributed by atoms with E-state index in [0.29, 0.717) is 16.0 Å². The van der Waals surface area contributed by atoms with Gasteiger partial charge in [0.2, 0.25) is 0 Å². The van der Waals surface area contributed by atoms with Crippen molar-refractivity contribution in [3.05, 3.63) is 40.7 Å². The van der Waals surface area contributed by atoms with Gasteiger partial charge in [0.1, 0.15) is 0 Å². The van der Waals surface area contributed by atoms with Crippen molar-refractivity contribution in [3.8, 4) is 0 Å². The van der Waals surface area contributed by atoms with E-state index in [1.165, 1.54) is 31.5 Å². The molecule has 0 aromatic heterocycles. The minimum Gasteiger partial charge on any atom is -0.303 e. The van der Waals surface area contributed by atoms with Gasteiger partial charge in [0.15, 0.2) is 0 Å². The molecular formula is C14H18Cl2N. The second-order valence-electron chi connectivity index (χ2n) is 4.64. The summed E-state index contributed by atoms with van der Waals surface area (Å²) in [6.07, 6.45) is 3.41. The van der Waals surface area contributed by atoms with Crippen LogP contribution in [-0.4, -0.2) is 24.5 Å². The van der Waals surface area contributed by atoms with Crippen molar-refractivity contribution in [2.45, 2.75) is 25.2 Å². The van der Waals surface area contributed by atoms with Crippen molar-refractivity contribution < 1.29 is 0 Å². The number of benzene rings is 1. The smallest absolute Gasteiger partial charge is 0.0595 e. The molecule has 0 spiro atoms. The number of nitrogens with zero attached hydrogens (tertiary/aromatic N) is 1. The summed E-state index contributed by atoms with van der Waals surface area (Å²) in [6.45, 7) is 7.36. The molecule has 2 rings (SSSR count). The van der Waals surface area contributed by atoms with E-state index in [1.807, 2.05) is 12.1 Å². The number of halogens is 2. The van der Waals surface area contributed by atoms with Gasteiger partial charge >= 0.3 is 0 Å². The van der Waals surface area contributed by atoms with Crippen LogP contribution in [0.15, 0.2) is 18.2 Å². The first-order valence-corrected chi connectivity index (χ1v) is 6.93. The zero-order valence-electron chi connectivity index (χ0n) is 9.96. The molecule has 0 amide bonds. The first kappa shape index (κ1) is 13.2. The number of hydrogen-bond donors (Lipinski definition) is 0. The maximum Gasteiger partial charge on any atom is 0.0595 e. The third-order valence-electron chi connectivity index (χ3n) is 3.48. The normalized spacial score (nSPS) is 18.5. The van der Waals surface area contributed by atoms with Crippen LogP contribution in [0.1, 0.15) is 30.7 Å². The van der Waals surface area contributed by atoms with Crippen molar-refractivity contribution >= 4 is 23.2 Å². The lowest BCUT2D eigenvalue weighted by Crippen LogP contribution is -2.33. The highest BCUT2D eigenvalue weighted by atomic mass is 35.5. The molecule has 0 saturated carbocycles. The minimum absolute atomic E-state index is 0.630. The molecule has 3 heteroatoms. The monoisotopic (exact) mass is 270 g/mol. The van der Waals surface area contributed by atoms with Crippen LogP contribution in [-0.2, 0) is 0 Å². The van der Waals surface area contributed by atoms with Gasteiger partial charge in [-0.3, -0.25) is 0 Å². The maximum atomic E-state index is 6.06. The lowest BCUT2D eigenvalue weighted by molar-refractivity contribution is 0.215. The predicted octanol–water partition coefficient (Wildman–Crippen LogP) is 4.40. The molecule has 1 saturated heterocycles. The van der Waals surface area contributed by atoms with Gasteiger partial charge in [-0.1, -0.05) is 36.2 Å². The summed E-state index contributed by atoms with van der Waals surface area (Å²) in [7, 11) is 0. The molecule has 1 nitrogen and oxygen atoms in total. The first-order chi connectivity index (χ1) is 8.20. The molecule has 1 aliphatic heterocycles. The van der Waals surface area contributed by atoms with Crippen LogP contribution in [0.25, 0.3) is 0 Å². The molecule has 1 heterocycles. The van der Waals surface area contributed by atoms with Gasteiger partial charge in [-0.25, -0.2) is 0 Å². The Kier molecular flexibility index (Phi) is 4.72. The molecule has 93 valence electrons. The molecule has 1 fully saturated rings. The Morgan fingerprint density at radius 1 is 1.18 bits per heavy atom. The van der Waals surface area contributed by atoms with E-state index >= 15 is 0 Å². The number of hydrogen-bond acceptors (Lipinski definition) is 1. The minimum atomic E-state index is 0.630. The van der Waals surface area contributed by atoms with Crippen molar-refractivity contribution in [1.29, 1.82) is 0 Å². The Hall–Kier alpha value is -0.240. The summed E-state index contributed by atoms with van der Waals surface area (Å²) in [5, 5.41) is 1.31. The third-order valence-corrected chi connectivity index (χ3v) is 4.22. The fourth-order valence-corrected chi connectivity index (χ4v) is 2.79. The Balaban J connectivity index is 1.98. The number of rotatable bonds is 3. The van der Waals surface area contributed by atoms with Gasteiger partial charge in [-0.15, -0.1) is 0 Å². The predicted molar refractivity (Wildman–Crippen MR) is 74.9 cm³/mol. The average Bonchev–Trinajstić information content (AvgIpc) is 2.34. The van der Waals surface area contributed by atoms with Crippen LogP contribution < -0.4 is 0 Å². The summed E-state index contributed by atoms with van der Waals surface area (Å²) in [4.78, 5) is 2.49. The Morgan fingerprint density at radius 3 is 2.47 bits per heavy atom. The van der Waals surface area contributed by atoms with Gasteiger partial charge in [0.25, 0.3) is 0 Å². The summed E-state index contributed by atoms with van der Waals surface area (Å²) < 4.78 is 0. The van der Waals surface area contributed by atoms with Gasteiger partial charge in [-0.2, -0.15) is 0 Å². The molecule has 0 bridgehead atoms. The van der Waals surface area contributed by atoms with Crippen LogP contribution >= 0.6 is 23.2 Å². The highest BCUT2D eigenvalue weighted by Gasteiger charge is 2.20. The van der Waals surface area contributed by atoms with Crippen LogP contribution in [0, 0.1) is 6.92 Å². The fourth-order valence-electron chi connectivity index (χ4n) is 2.48. The SMILES string of the molecule is [CH2]CCN1CCC(c2ccc(Cl)c(Cl)c2)CC1. The summed E-state index contributed by atoms with van der Waals surface area (Å²) in [5.74, 6) is 0.630. The van der Waals surface area contributed by atoms with Gasteiger partial charge in [-0.05, 0) is 62.5 Å². The van der Waals surface area contributed by atoms with Crippen LogP contribution in [0.4, 0.5) is 0 Å². The van der Waals surface area contributed by atoms with E-state index in [4.69, 9.17) is 23.2 Å². The summed E-state index contributed by atoms with van der Waals surface area (Å²) >= 11 is 12.0. The number of likely N-dealkylation sites (tertiary alicyclic amines) is 1. The maximum absolute atomic E-state index is 6.06. The quantitative estimate of drug-likeness (QED) is 0.787. The largest absolute Gasteiger partial charge is 0.303 e. The van der Waals surface area contributed by atoms with E-state index < -0.39 is 0 Å². The average molecular weight is 271 g/mol. The zero-order valence-corrected chi connectivity index (χ0v) is 11.5. The molecule has 1 aromatic carbocycles. The molecule has 0 atom stereocenters. The molecule has 0 unspecified atom stereocenters. The van der Waals surface area contributed by atoms with Gasteiger partial charge in [0.05, 0.1) is 10.0 Å². The molecule has 1 aromatic rings. The van der Waals surface area contributed by atoms with Gasteiger partial charge < -0.3 is 4.90 Å². The Morgan fingerprint density at radius 2 is 1.88 bits per heavy atom.